The molecule has 6 N–H and O–H groups in total. The number of hydrogen-bond donors (Lipinski definition) is 4. The lowest BCUT2D eigenvalue weighted by Crippen LogP contribution is -2.18. The minimum atomic E-state index is -1.32. The van der Waals surface area contributed by atoms with Crippen LogP contribution in [0.25, 0.3) is 0 Å². The van der Waals surface area contributed by atoms with Crippen molar-refractivity contribution in [3.05, 3.63) is 50.4 Å². The number of anilines is 2. The zero-order valence-corrected chi connectivity index (χ0v) is 11.4. The Hall–Kier alpha value is -2.25. The first kappa shape index (κ1) is 15.8. The van der Waals surface area contributed by atoms with Gasteiger partial charge in [0.25, 0.3) is 5.56 Å². The van der Waals surface area contributed by atoms with E-state index in [0.29, 0.717) is 16.4 Å². The average molecular weight is 317 g/mol. The fraction of sp³-hybridized carbons (Fsp3) is 0. The normalized spacial score (nSPS) is 9.50. The van der Waals surface area contributed by atoms with Crippen LogP contribution in [0.3, 0.4) is 0 Å². The number of aromatic amines is 1. The molecule has 1 heterocycles. The van der Waals surface area contributed by atoms with Gasteiger partial charge in [-0.1, -0.05) is 23.2 Å². The fourth-order valence-electron chi connectivity index (χ4n) is 1.09. The Morgan fingerprint density at radius 1 is 1.20 bits per heavy atom. The van der Waals surface area contributed by atoms with Crippen molar-refractivity contribution in [2.75, 3.05) is 11.5 Å². The van der Waals surface area contributed by atoms with Gasteiger partial charge < -0.3 is 16.6 Å². The van der Waals surface area contributed by atoms with Crippen LogP contribution >= 0.6 is 23.2 Å². The number of carboxylic acids is 1. The summed E-state index contributed by atoms with van der Waals surface area (Å²) < 4.78 is 0. The molecule has 0 amide bonds. The molecule has 0 aliphatic carbocycles. The molecular weight excluding hydrogens is 307 g/mol. The molecule has 0 bridgehead atoms. The summed E-state index contributed by atoms with van der Waals surface area (Å²) >= 11 is 10.9. The summed E-state index contributed by atoms with van der Waals surface area (Å²) in [6.07, 6.45) is 0. The second-order valence-electron chi connectivity index (χ2n) is 3.51. The van der Waals surface area contributed by atoms with Crippen molar-refractivity contribution < 1.29 is 9.90 Å². The molecule has 0 spiro atoms. The van der Waals surface area contributed by atoms with E-state index in [1.165, 1.54) is 0 Å². The number of H-pyrrole nitrogens is 1. The van der Waals surface area contributed by atoms with E-state index in [4.69, 9.17) is 39.8 Å². The third kappa shape index (κ3) is 4.45. The molecule has 2 rings (SSSR count). The predicted octanol–water partition coefficient (Wildman–Crippen LogP) is 1.63. The van der Waals surface area contributed by atoms with E-state index in [2.05, 4.69) is 5.10 Å². The Morgan fingerprint density at radius 3 is 2.30 bits per heavy atom. The fourth-order valence-corrected chi connectivity index (χ4v) is 1.42. The quantitative estimate of drug-likeness (QED) is 0.590. The minimum Gasteiger partial charge on any atom is -0.477 e. The average Bonchev–Trinajstić information content (AvgIpc) is 2.38. The van der Waals surface area contributed by atoms with E-state index in [0.717, 1.165) is 6.07 Å². The number of nitrogens with one attached hydrogen (secondary N) is 1. The second-order valence-corrected chi connectivity index (χ2v) is 4.34. The highest BCUT2D eigenvalue weighted by atomic mass is 35.5. The van der Waals surface area contributed by atoms with Crippen LogP contribution in [0, 0.1) is 0 Å². The first-order chi connectivity index (χ1) is 9.31. The maximum absolute atomic E-state index is 10.7. The summed E-state index contributed by atoms with van der Waals surface area (Å²) in [6.45, 7) is 0. The molecule has 7 nitrogen and oxygen atoms in total. The van der Waals surface area contributed by atoms with Gasteiger partial charge in [-0.15, -0.1) is 0 Å². The van der Waals surface area contributed by atoms with Crippen LogP contribution in [-0.4, -0.2) is 21.3 Å². The van der Waals surface area contributed by atoms with Gasteiger partial charge in [-0.25, -0.2) is 9.89 Å². The second kappa shape index (κ2) is 6.78. The van der Waals surface area contributed by atoms with Gasteiger partial charge in [-0.3, -0.25) is 4.79 Å². The smallest absolute Gasteiger partial charge is 0.341 e. The van der Waals surface area contributed by atoms with Crippen LogP contribution in [0.2, 0.25) is 10.2 Å². The first-order valence-electron chi connectivity index (χ1n) is 5.10. The molecule has 9 heteroatoms. The van der Waals surface area contributed by atoms with Crippen LogP contribution in [0.5, 0.6) is 0 Å². The molecule has 0 atom stereocenters. The highest BCUT2D eigenvalue weighted by Crippen LogP contribution is 2.18. The van der Waals surface area contributed by atoms with Crippen molar-refractivity contribution in [1.29, 1.82) is 0 Å². The number of carbonyl (C=O) groups is 1. The Labute approximate surface area is 123 Å². The maximum atomic E-state index is 10.7. The zero-order valence-electron chi connectivity index (χ0n) is 9.93. The van der Waals surface area contributed by atoms with E-state index in [1.807, 2.05) is 5.10 Å². The summed E-state index contributed by atoms with van der Waals surface area (Å²) in [7, 11) is 0. The molecule has 1 aromatic heterocycles. The number of aromatic nitrogens is 2. The summed E-state index contributed by atoms with van der Waals surface area (Å²) in [5.74, 6) is -1.32. The zero-order chi connectivity index (χ0) is 15.3. The molecule has 0 aliphatic heterocycles. The molecule has 20 heavy (non-hydrogen) atoms. The van der Waals surface area contributed by atoms with Crippen LogP contribution in [-0.2, 0) is 0 Å². The van der Waals surface area contributed by atoms with Gasteiger partial charge in [0.05, 0.1) is 11.4 Å². The number of rotatable bonds is 1. The number of carboxylic acid groups (broad SMARTS) is 1. The van der Waals surface area contributed by atoms with E-state index in [9.17, 15) is 9.59 Å². The minimum absolute atomic E-state index is 0.0537. The first-order valence-corrected chi connectivity index (χ1v) is 5.86. The van der Waals surface area contributed by atoms with E-state index < -0.39 is 17.1 Å². The van der Waals surface area contributed by atoms with Crippen molar-refractivity contribution >= 4 is 40.5 Å². The molecule has 1 aromatic carbocycles. The largest absolute Gasteiger partial charge is 0.477 e. The Morgan fingerprint density at radius 2 is 1.85 bits per heavy atom. The number of hydrogen-bond acceptors (Lipinski definition) is 5. The lowest BCUT2D eigenvalue weighted by atomic mass is 10.3. The lowest BCUT2D eigenvalue weighted by molar-refractivity contribution is 0.0694. The topological polar surface area (TPSA) is 135 Å². The van der Waals surface area contributed by atoms with Crippen LogP contribution in [0.1, 0.15) is 10.4 Å². The highest BCUT2D eigenvalue weighted by molar-refractivity contribution is 6.31. The van der Waals surface area contributed by atoms with Gasteiger partial charge in [-0.2, -0.15) is 5.10 Å². The van der Waals surface area contributed by atoms with Gasteiger partial charge in [0.15, 0.2) is 0 Å². The number of aromatic carboxylic acids is 1. The van der Waals surface area contributed by atoms with Crippen LogP contribution in [0.15, 0.2) is 29.1 Å². The molecular formula is C11H10Cl2N4O3. The van der Waals surface area contributed by atoms with Crippen LogP contribution < -0.4 is 17.0 Å². The van der Waals surface area contributed by atoms with Crippen molar-refractivity contribution in [1.82, 2.24) is 10.2 Å². The Bertz CT molecular complexity index is 688. The summed E-state index contributed by atoms with van der Waals surface area (Å²) in [5.41, 5.74) is 10.7. The number of benzene rings is 1. The van der Waals surface area contributed by atoms with Gasteiger partial charge in [0, 0.05) is 5.02 Å². The number of nitrogens with zero attached hydrogens (tertiary/aromatic N) is 1. The molecule has 2 aromatic rings. The van der Waals surface area contributed by atoms with E-state index >= 15 is 0 Å². The maximum Gasteiger partial charge on any atom is 0.341 e. The van der Waals surface area contributed by atoms with Gasteiger partial charge in [0.1, 0.15) is 10.7 Å². The standard InChI is InChI=1S/C6H7ClN2.C5H3ClN2O3/c7-4-1-2-5(8)6(9)3-4;6-3-1-2(5(10)11)4(9)8-7-3/h1-3H,8-9H2;1H,(H,8,9)(H,10,11). The Balaban J connectivity index is 0.000000204. The molecule has 0 saturated carbocycles. The number of nitrogens with two attached hydrogens (primary N) is 2. The van der Waals surface area contributed by atoms with Gasteiger partial charge in [-0.05, 0) is 24.3 Å². The van der Waals surface area contributed by atoms with E-state index in [-0.39, 0.29) is 5.15 Å². The third-order valence-electron chi connectivity index (χ3n) is 2.05. The molecule has 0 fully saturated rings. The molecule has 0 saturated heterocycles. The monoisotopic (exact) mass is 316 g/mol. The molecule has 0 aliphatic rings. The molecule has 106 valence electrons. The summed E-state index contributed by atoms with van der Waals surface area (Å²) in [6, 6.07) is 5.99. The van der Waals surface area contributed by atoms with Crippen molar-refractivity contribution in [2.24, 2.45) is 0 Å². The third-order valence-corrected chi connectivity index (χ3v) is 2.48. The van der Waals surface area contributed by atoms with Gasteiger partial charge >= 0.3 is 5.97 Å². The van der Waals surface area contributed by atoms with E-state index in [1.54, 1.807) is 18.2 Å². The van der Waals surface area contributed by atoms with Gasteiger partial charge in [0.2, 0.25) is 0 Å². The molecule has 0 radical (unpaired) electrons. The van der Waals surface area contributed by atoms with Crippen LogP contribution in [0.4, 0.5) is 11.4 Å². The Kier molecular flexibility index (Phi) is 5.36. The number of nitrogen functional groups attached to an aromatic ring is 2. The van der Waals surface area contributed by atoms with Crippen molar-refractivity contribution in [3.8, 4) is 0 Å². The molecule has 0 unspecified atom stereocenters. The predicted molar refractivity (Wildman–Crippen MR) is 77.1 cm³/mol. The summed E-state index contributed by atoms with van der Waals surface area (Å²) in [5, 5.41) is 14.2. The van der Waals surface area contributed by atoms with Crippen molar-refractivity contribution in [3.63, 3.8) is 0 Å². The highest BCUT2D eigenvalue weighted by Gasteiger charge is 2.08. The number of halogens is 2. The van der Waals surface area contributed by atoms with Crippen molar-refractivity contribution in [2.45, 2.75) is 0 Å². The lowest BCUT2D eigenvalue weighted by Gasteiger charge is -1.97. The summed E-state index contributed by atoms with van der Waals surface area (Å²) in [4.78, 5) is 20.9. The SMILES string of the molecule is Nc1ccc(Cl)cc1N.O=C(O)c1cc(Cl)n[nH]c1=O.